The normalized spacial score (nSPS) is 37.1. The molecule has 21 heavy (non-hydrogen) atoms. The first kappa shape index (κ1) is 13.1. The summed E-state index contributed by atoms with van der Waals surface area (Å²) in [6.07, 6.45) is 0.512. The zero-order valence-corrected chi connectivity index (χ0v) is 13.2. The number of H-pyrrole nitrogens is 1. The van der Waals surface area contributed by atoms with Gasteiger partial charge >= 0.3 is 6.03 Å². The lowest BCUT2D eigenvalue weighted by Gasteiger charge is -2.33. The van der Waals surface area contributed by atoms with Crippen molar-refractivity contribution in [1.29, 1.82) is 0 Å². The Hall–Kier alpha value is -1.54. The highest BCUT2D eigenvalue weighted by molar-refractivity contribution is 9.10. The van der Waals surface area contributed by atoms with Crippen molar-refractivity contribution in [3.05, 3.63) is 22.4 Å². The number of nitrogens with one attached hydrogen (secondary N) is 2. The first-order chi connectivity index (χ1) is 10.0. The van der Waals surface area contributed by atoms with Crippen molar-refractivity contribution in [2.24, 2.45) is 4.99 Å². The molecule has 3 aliphatic rings. The molecular weight excluding hydrogens is 340 g/mol. The standard InChI is InChI=1S/C13H15BrN4O3/c1-18-12(19)17-10-9-7(5-13(10,18)20-2)21-11(16-9)6-3-4-8(14)15-6/h3-4,7,9-10,15H,5H2,1-2H3,(H,17,19)/t7-,9-,10+,13+/m1/s1. The third-order valence-electron chi connectivity index (χ3n) is 4.62. The van der Waals surface area contributed by atoms with Gasteiger partial charge in [-0.3, -0.25) is 4.90 Å². The van der Waals surface area contributed by atoms with Crippen LogP contribution in [0.4, 0.5) is 4.79 Å². The lowest BCUT2D eigenvalue weighted by molar-refractivity contribution is -0.0947. The van der Waals surface area contributed by atoms with E-state index in [0.717, 1.165) is 10.3 Å². The molecule has 2 fully saturated rings. The van der Waals surface area contributed by atoms with E-state index < -0.39 is 5.72 Å². The topological polar surface area (TPSA) is 79.0 Å². The zero-order chi connectivity index (χ0) is 14.8. The van der Waals surface area contributed by atoms with Crippen molar-refractivity contribution in [2.45, 2.75) is 30.3 Å². The minimum atomic E-state index is -0.669. The van der Waals surface area contributed by atoms with Gasteiger partial charge < -0.3 is 19.8 Å². The number of halogens is 1. The maximum absolute atomic E-state index is 11.9. The van der Waals surface area contributed by atoms with Gasteiger partial charge in [0.2, 0.25) is 5.90 Å². The van der Waals surface area contributed by atoms with Gasteiger partial charge in [0.15, 0.2) is 5.72 Å². The molecule has 7 nitrogen and oxygen atoms in total. The first-order valence-corrected chi connectivity index (χ1v) is 7.53. The highest BCUT2D eigenvalue weighted by Crippen LogP contribution is 2.44. The highest BCUT2D eigenvalue weighted by Gasteiger charge is 2.65. The minimum Gasteiger partial charge on any atom is -0.471 e. The number of hydrogen-bond donors (Lipinski definition) is 2. The summed E-state index contributed by atoms with van der Waals surface area (Å²) in [6, 6.07) is 3.36. The highest BCUT2D eigenvalue weighted by atomic mass is 79.9. The van der Waals surface area contributed by atoms with E-state index >= 15 is 0 Å². The van der Waals surface area contributed by atoms with Crippen LogP contribution in [0.2, 0.25) is 0 Å². The van der Waals surface area contributed by atoms with Crippen molar-refractivity contribution < 1.29 is 14.3 Å². The number of amides is 2. The molecule has 8 heteroatoms. The summed E-state index contributed by atoms with van der Waals surface area (Å²) in [5, 5.41) is 2.96. The zero-order valence-electron chi connectivity index (χ0n) is 11.6. The minimum absolute atomic E-state index is 0.0879. The molecule has 2 aliphatic heterocycles. The van der Waals surface area contributed by atoms with Gasteiger partial charge in [-0.2, -0.15) is 0 Å². The lowest BCUT2D eigenvalue weighted by Crippen LogP contribution is -2.50. The third kappa shape index (κ3) is 1.63. The predicted molar refractivity (Wildman–Crippen MR) is 78.1 cm³/mol. The molecule has 112 valence electrons. The summed E-state index contributed by atoms with van der Waals surface area (Å²) < 4.78 is 12.5. The molecule has 0 spiro atoms. The summed E-state index contributed by atoms with van der Waals surface area (Å²) in [7, 11) is 3.37. The number of rotatable bonds is 2. The quantitative estimate of drug-likeness (QED) is 0.833. The lowest BCUT2D eigenvalue weighted by atomic mass is 10.1. The van der Waals surface area contributed by atoms with Crippen LogP contribution >= 0.6 is 15.9 Å². The van der Waals surface area contributed by atoms with Gasteiger partial charge in [-0.25, -0.2) is 9.79 Å². The fraction of sp³-hybridized carbons (Fsp3) is 0.538. The van der Waals surface area contributed by atoms with Crippen LogP contribution in [0.15, 0.2) is 21.7 Å². The Morgan fingerprint density at radius 3 is 3.05 bits per heavy atom. The second-order valence-electron chi connectivity index (χ2n) is 5.54. The van der Waals surface area contributed by atoms with Crippen molar-refractivity contribution in [1.82, 2.24) is 15.2 Å². The predicted octanol–water partition coefficient (Wildman–Crippen LogP) is 1.06. The molecule has 1 aromatic heterocycles. The molecule has 1 saturated carbocycles. The Balaban J connectivity index is 1.67. The van der Waals surface area contributed by atoms with Gasteiger partial charge in [0, 0.05) is 20.6 Å². The molecule has 3 heterocycles. The second kappa shape index (κ2) is 4.23. The van der Waals surface area contributed by atoms with Gasteiger partial charge in [0.05, 0.1) is 4.60 Å². The molecule has 1 saturated heterocycles. The van der Waals surface area contributed by atoms with Gasteiger partial charge in [-0.1, -0.05) is 0 Å². The number of aliphatic imine (C=N–C) groups is 1. The average molecular weight is 355 g/mol. The van der Waals surface area contributed by atoms with E-state index in [0.29, 0.717) is 12.3 Å². The van der Waals surface area contributed by atoms with Crippen molar-refractivity contribution >= 4 is 27.9 Å². The van der Waals surface area contributed by atoms with Crippen LogP contribution < -0.4 is 5.32 Å². The van der Waals surface area contributed by atoms with E-state index in [1.54, 1.807) is 19.1 Å². The fourth-order valence-electron chi connectivity index (χ4n) is 3.51. The van der Waals surface area contributed by atoms with Crippen LogP contribution in [0.25, 0.3) is 0 Å². The Bertz CT molecular complexity index is 645. The van der Waals surface area contributed by atoms with E-state index in [1.807, 2.05) is 12.1 Å². The van der Waals surface area contributed by atoms with Crippen molar-refractivity contribution in [3.63, 3.8) is 0 Å². The number of carbonyl (C=O) groups is 1. The molecular formula is C13H15BrN4O3. The van der Waals surface area contributed by atoms with E-state index in [2.05, 4.69) is 31.2 Å². The monoisotopic (exact) mass is 354 g/mol. The number of fused-ring (bicyclic) bond motifs is 3. The van der Waals surface area contributed by atoms with Crippen molar-refractivity contribution in [3.8, 4) is 0 Å². The smallest absolute Gasteiger partial charge is 0.319 e. The van der Waals surface area contributed by atoms with E-state index in [4.69, 9.17) is 9.47 Å². The number of aromatic amines is 1. The van der Waals surface area contributed by atoms with Crippen molar-refractivity contribution in [2.75, 3.05) is 14.2 Å². The molecule has 0 unspecified atom stereocenters. The van der Waals surface area contributed by atoms with Gasteiger partial charge in [-0.05, 0) is 28.1 Å². The Morgan fingerprint density at radius 1 is 1.57 bits per heavy atom. The van der Waals surface area contributed by atoms with E-state index in [9.17, 15) is 4.79 Å². The number of urea groups is 1. The molecule has 2 amide bonds. The molecule has 0 radical (unpaired) electrons. The van der Waals surface area contributed by atoms with Gasteiger partial charge in [0.1, 0.15) is 23.9 Å². The average Bonchev–Trinajstić information content (AvgIpc) is 3.16. The molecule has 1 aromatic rings. The Kier molecular flexibility index (Phi) is 2.65. The van der Waals surface area contributed by atoms with Crippen LogP contribution in [-0.2, 0) is 9.47 Å². The largest absolute Gasteiger partial charge is 0.471 e. The van der Waals surface area contributed by atoms with E-state index in [1.165, 1.54) is 0 Å². The summed E-state index contributed by atoms with van der Waals surface area (Å²) >= 11 is 3.37. The molecule has 0 bridgehead atoms. The summed E-state index contributed by atoms with van der Waals surface area (Å²) in [5.41, 5.74) is 0.162. The molecule has 1 aliphatic carbocycles. The number of ether oxygens (including phenoxy) is 2. The van der Waals surface area contributed by atoms with Crippen LogP contribution in [0, 0.1) is 0 Å². The Morgan fingerprint density at radius 2 is 2.38 bits per heavy atom. The van der Waals surface area contributed by atoms with E-state index in [-0.39, 0.29) is 24.2 Å². The SMILES string of the molecule is CO[C@@]12C[C@H]3OC(c4ccc(Br)[nH]4)=N[C@H]3[C@@H]1NC(=O)N2C. The number of aromatic nitrogens is 1. The van der Waals surface area contributed by atoms with Crippen LogP contribution in [-0.4, -0.2) is 59.9 Å². The van der Waals surface area contributed by atoms with Crippen LogP contribution in [0.3, 0.4) is 0 Å². The molecule has 4 rings (SSSR count). The summed E-state index contributed by atoms with van der Waals surface area (Å²) in [6.45, 7) is 0. The third-order valence-corrected chi connectivity index (χ3v) is 5.08. The molecule has 0 aromatic carbocycles. The second-order valence-corrected chi connectivity index (χ2v) is 6.39. The Labute approximate surface area is 129 Å². The van der Waals surface area contributed by atoms with Crippen LogP contribution in [0.5, 0.6) is 0 Å². The number of likely N-dealkylation sites (N-methyl/N-ethyl adjacent to an activating group) is 1. The summed E-state index contributed by atoms with van der Waals surface area (Å²) in [4.78, 5) is 21.3. The molecule has 4 atom stereocenters. The van der Waals surface area contributed by atoms with Gasteiger partial charge in [-0.15, -0.1) is 0 Å². The maximum Gasteiger partial charge on any atom is 0.319 e. The first-order valence-electron chi connectivity index (χ1n) is 6.74. The van der Waals surface area contributed by atoms with Crippen LogP contribution in [0.1, 0.15) is 12.1 Å². The number of hydrogen-bond acceptors (Lipinski definition) is 4. The maximum atomic E-state index is 11.9. The number of nitrogens with zero attached hydrogens (tertiary/aromatic N) is 2. The molecule has 2 N–H and O–H groups in total. The summed E-state index contributed by atoms with van der Waals surface area (Å²) in [5.74, 6) is 0.587. The fourth-order valence-corrected chi connectivity index (χ4v) is 3.86. The number of methoxy groups -OCH3 is 1. The van der Waals surface area contributed by atoms with Gasteiger partial charge in [0.25, 0.3) is 0 Å². The number of carbonyl (C=O) groups excluding carboxylic acids is 1.